The van der Waals surface area contributed by atoms with Crippen molar-refractivity contribution >= 4 is 5.91 Å². The average molecular weight is 511 g/mol. The fraction of sp³-hybridized carbons (Fsp3) is 0.424. The quantitative estimate of drug-likeness (QED) is 0.480. The van der Waals surface area contributed by atoms with Crippen LogP contribution in [0.15, 0.2) is 91.0 Å². The highest BCUT2D eigenvalue weighted by Crippen LogP contribution is 2.37. The zero-order chi connectivity index (χ0) is 26.3. The number of likely N-dealkylation sites (N-methyl/N-ethyl adjacent to an activating group) is 1. The Kier molecular flexibility index (Phi) is 8.90. The van der Waals surface area contributed by atoms with Crippen LogP contribution in [0.1, 0.15) is 41.5 Å². The first-order chi connectivity index (χ1) is 18.7. The minimum atomic E-state index is -0.259. The minimum absolute atomic E-state index is 0.0253. The summed E-state index contributed by atoms with van der Waals surface area (Å²) in [5.41, 5.74) is 3.80. The number of hydrogen-bond donors (Lipinski definition) is 1. The monoisotopic (exact) mass is 510 g/mol. The topological polar surface area (TPSA) is 38.8 Å². The van der Waals surface area contributed by atoms with Crippen LogP contribution in [-0.2, 0) is 4.79 Å². The van der Waals surface area contributed by atoms with Crippen molar-refractivity contribution in [2.45, 2.75) is 30.8 Å². The van der Waals surface area contributed by atoms with Crippen molar-refractivity contribution in [3.05, 3.63) is 108 Å². The van der Waals surface area contributed by atoms with Crippen molar-refractivity contribution in [3.63, 3.8) is 0 Å². The number of benzene rings is 3. The molecule has 200 valence electrons. The third-order valence-electron chi connectivity index (χ3n) is 8.63. The molecule has 2 fully saturated rings. The summed E-state index contributed by atoms with van der Waals surface area (Å²) in [6, 6.07) is 32.3. The van der Waals surface area contributed by atoms with Crippen LogP contribution in [0.25, 0.3) is 0 Å². The zero-order valence-corrected chi connectivity index (χ0v) is 22.9. The predicted octanol–water partition coefficient (Wildman–Crippen LogP) is 4.63. The van der Waals surface area contributed by atoms with Gasteiger partial charge in [-0.05, 0) is 55.6 Å². The summed E-state index contributed by atoms with van der Waals surface area (Å²) in [5, 5.41) is 3.00. The molecule has 0 spiro atoms. The van der Waals surface area contributed by atoms with Crippen LogP contribution in [0.4, 0.5) is 0 Å². The third-order valence-corrected chi connectivity index (χ3v) is 8.63. The Hall–Kier alpha value is -2.99. The number of likely N-dealkylation sites (tertiary alicyclic amines) is 1. The van der Waals surface area contributed by atoms with Gasteiger partial charge in [0.1, 0.15) is 6.04 Å². The molecule has 2 heterocycles. The Bertz CT molecular complexity index is 1080. The molecule has 38 heavy (non-hydrogen) atoms. The van der Waals surface area contributed by atoms with Crippen molar-refractivity contribution < 1.29 is 4.79 Å². The van der Waals surface area contributed by atoms with E-state index >= 15 is 0 Å². The van der Waals surface area contributed by atoms with Gasteiger partial charge in [-0.15, -0.1) is 0 Å². The number of nitrogens with one attached hydrogen (secondary N) is 1. The lowest BCUT2D eigenvalue weighted by Crippen LogP contribution is -2.57. The first-order valence-electron chi connectivity index (χ1n) is 14.2. The first kappa shape index (κ1) is 26.6. The second-order valence-electron chi connectivity index (χ2n) is 10.9. The Morgan fingerprint density at radius 2 is 1.13 bits per heavy atom. The lowest BCUT2D eigenvalue weighted by atomic mass is 9.82. The standard InChI is InChI=1S/C33H42N4O/c1-34-33(38)32(30(26-12-6-3-7-13-26)27-14-8-4-9-15-27)37-24-22-36(23-25-37)31(28-16-10-5-11-17-28)29-18-20-35(2)21-19-29/h3-17,29-32H,18-25H2,1-2H3,(H,34,38). The third kappa shape index (κ3) is 6.01. The summed E-state index contributed by atoms with van der Waals surface area (Å²) in [5.74, 6) is 0.727. The molecule has 5 heteroatoms. The maximum absolute atomic E-state index is 13.5. The molecule has 2 atom stereocenters. The molecule has 1 amide bonds. The van der Waals surface area contributed by atoms with Gasteiger partial charge >= 0.3 is 0 Å². The van der Waals surface area contributed by atoms with Gasteiger partial charge < -0.3 is 10.2 Å². The molecule has 2 aliphatic rings. The van der Waals surface area contributed by atoms with E-state index < -0.39 is 0 Å². The van der Waals surface area contributed by atoms with Crippen LogP contribution in [0.3, 0.4) is 0 Å². The average Bonchev–Trinajstić information content (AvgIpc) is 2.98. The highest BCUT2D eigenvalue weighted by atomic mass is 16.2. The summed E-state index contributed by atoms with van der Waals surface area (Å²) < 4.78 is 0. The Morgan fingerprint density at radius 3 is 1.61 bits per heavy atom. The van der Waals surface area contributed by atoms with E-state index in [4.69, 9.17) is 0 Å². The van der Waals surface area contributed by atoms with Crippen molar-refractivity contribution in [1.29, 1.82) is 0 Å². The maximum Gasteiger partial charge on any atom is 0.238 e. The minimum Gasteiger partial charge on any atom is -0.358 e. The fourth-order valence-corrected chi connectivity index (χ4v) is 6.62. The van der Waals surface area contributed by atoms with Gasteiger partial charge in [-0.25, -0.2) is 0 Å². The van der Waals surface area contributed by atoms with Gasteiger partial charge in [-0.1, -0.05) is 91.0 Å². The van der Waals surface area contributed by atoms with E-state index in [1.807, 2.05) is 12.1 Å². The molecule has 2 saturated heterocycles. The number of piperidine rings is 1. The number of carbonyl (C=O) groups is 1. The van der Waals surface area contributed by atoms with Crippen LogP contribution in [-0.4, -0.2) is 80.0 Å². The summed E-state index contributed by atoms with van der Waals surface area (Å²) in [4.78, 5) is 21.1. The molecule has 3 aromatic carbocycles. The lowest BCUT2D eigenvalue weighted by Gasteiger charge is -2.46. The number of piperazine rings is 1. The van der Waals surface area contributed by atoms with Crippen LogP contribution < -0.4 is 5.32 Å². The molecule has 0 saturated carbocycles. The molecule has 5 rings (SSSR count). The molecule has 3 aromatic rings. The van der Waals surface area contributed by atoms with Gasteiger partial charge in [0.2, 0.25) is 5.91 Å². The first-order valence-corrected chi connectivity index (χ1v) is 14.2. The van der Waals surface area contributed by atoms with E-state index in [2.05, 4.69) is 106 Å². The molecule has 0 bridgehead atoms. The van der Waals surface area contributed by atoms with E-state index in [9.17, 15) is 4.79 Å². The molecule has 2 unspecified atom stereocenters. The van der Waals surface area contributed by atoms with Gasteiger partial charge in [0.05, 0.1) is 0 Å². The van der Waals surface area contributed by atoms with Crippen LogP contribution >= 0.6 is 0 Å². The normalized spacial score (nSPS) is 19.8. The molecule has 0 aliphatic carbocycles. The maximum atomic E-state index is 13.5. The number of amides is 1. The van der Waals surface area contributed by atoms with Gasteiger partial charge in [-0.3, -0.25) is 14.6 Å². The molecule has 1 N–H and O–H groups in total. The van der Waals surface area contributed by atoms with Crippen LogP contribution in [0.5, 0.6) is 0 Å². The Morgan fingerprint density at radius 1 is 0.684 bits per heavy atom. The van der Waals surface area contributed by atoms with Crippen molar-refractivity contribution in [2.24, 2.45) is 5.92 Å². The summed E-state index contributed by atoms with van der Waals surface area (Å²) in [6.07, 6.45) is 2.47. The smallest absolute Gasteiger partial charge is 0.238 e. The van der Waals surface area contributed by atoms with E-state index in [0.29, 0.717) is 12.0 Å². The van der Waals surface area contributed by atoms with Crippen LogP contribution in [0.2, 0.25) is 0 Å². The van der Waals surface area contributed by atoms with E-state index in [1.54, 1.807) is 7.05 Å². The molecule has 2 aliphatic heterocycles. The molecule has 5 nitrogen and oxygen atoms in total. The SMILES string of the molecule is CNC(=O)C(C(c1ccccc1)c1ccccc1)N1CCN(C(c2ccccc2)C2CCN(C)CC2)CC1. The zero-order valence-electron chi connectivity index (χ0n) is 22.9. The Balaban J connectivity index is 1.40. The largest absolute Gasteiger partial charge is 0.358 e. The van der Waals surface area contributed by atoms with Crippen molar-refractivity contribution in [2.75, 3.05) is 53.4 Å². The second kappa shape index (κ2) is 12.7. The molecular formula is C33H42N4O. The fourth-order valence-electron chi connectivity index (χ4n) is 6.62. The highest BCUT2D eigenvalue weighted by Gasteiger charge is 2.39. The predicted molar refractivity (Wildman–Crippen MR) is 155 cm³/mol. The number of carbonyl (C=O) groups excluding carboxylic acids is 1. The van der Waals surface area contributed by atoms with Gasteiger partial charge in [-0.2, -0.15) is 0 Å². The molecular weight excluding hydrogens is 468 g/mol. The number of nitrogens with zero attached hydrogens (tertiary/aromatic N) is 3. The highest BCUT2D eigenvalue weighted by molar-refractivity contribution is 5.83. The van der Waals surface area contributed by atoms with Crippen molar-refractivity contribution in [1.82, 2.24) is 20.0 Å². The van der Waals surface area contributed by atoms with Gasteiger partial charge in [0, 0.05) is 45.2 Å². The molecule has 0 radical (unpaired) electrons. The summed E-state index contributed by atoms with van der Waals surface area (Å²) >= 11 is 0. The van der Waals surface area contributed by atoms with E-state index in [1.165, 1.54) is 42.6 Å². The summed E-state index contributed by atoms with van der Waals surface area (Å²) in [7, 11) is 4.01. The van der Waals surface area contributed by atoms with Crippen LogP contribution in [0, 0.1) is 5.92 Å². The Labute approximate surface area is 228 Å². The van der Waals surface area contributed by atoms with Crippen molar-refractivity contribution in [3.8, 4) is 0 Å². The van der Waals surface area contributed by atoms with E-state index in [-0.39, 0.29) is 17.9 Å². The van der Waals surface area contributed by atoms with Gasteiger partial charge in [0.15, 0.2) is 0 Å². The molecule has 0 aromatic heterocycles. The summed E-state index contributed by atoms with van der Waals surface area (Å²) in [6.45, 7) is 6.03. The lowest BCUT2D eigenvalue weighted by molar-refractivity contribution is -0.127. The van der Waals surface area contributed by atoms with Gasteiger partial charge in [0.25, 0.3) is 0 Å². The number of hydrogen-bond acceptors (Lipinski definition) is 4. The van der Waals surface area contributed by atoms with E-state index in [0.717, 1.165) is 26.2 Å². The number of rotatable bonds is 8. The second-order valence-corrected chi connectivity index (χ2v) is 10.9.